The monoisotopic (exact) mass is 282 g/mol. The van der Waals surface area contributed by atoms with E-state index in [4.69, 9.17) is 16.0 Å². The van der Waals surface area contributed by atoms with E-state index >= 15 is 0 Å². The molecule has 1 aromatic carbocycles. The molecule has 1 heterocycles. The first-order valence-electron chi connectivity index (χ1n) is 5.19. The number of rotatable bonds is 3. The summed E-state index contributed by atoms with van der Waals surface area (Å²) in [4.78, 5) is 21.8. The third kappa shape index (κ3) is 2.51. The van der Waals surface area contributed by atoms with Crippen LogP contribution in [0.15, 0.2) is 28.7 Å². The molecule has 98 valence electrons. The van der Waals surface area contributed by atoms with Gasteiger partial charge in [-0.15, -0.1) is 0 Å². The SMILES string of the molecule is COC(=O)c1c(F)cc(-c2ccc(C=O)o2)cc1Cl. The van der Waals surface area contributed by atoms with Gasteiger partial charge in [0.2, 0.25) is 0 Å². The molecule has 0 aliphatic rings. The van der Waals surface area contributed by atoms with Crippen molar-refractivity contribution in [3.63, 3.8) is 0 Å². The lowest BCUT2D eigenvalue weighted by Gasteiger charge is -2.06. The zero-order valence-corrected chi connectivity index (χ0v) is 10.5. The number of hydrogen-bond acceptors (Lipinski definition) is 4. The highest BCUT2D eigenvalue weighted by molar-refractivity contribution is 6.33. The predicted molar refractivity (Wildman–Crippen MR) is 65.8 cm³/mol. The summed E-state index contributed by atoms with van der Waals surface area (Å²) in [5.74, 6) is -1.29. The Bertz CT molecular complexity index is 625. The molecule has 0 bridgehead atoms. The Kier molecular flexibility index (Phi) is 3.66. The maximum Gasteiger partial charge on any atom is 0.342 e. The molecule has 0 atom stereocenters. The molecule has 0 amide bonds. The highest BCUT2D eigenvalue weighted by Crippen LogP contribution is 2.29. The van der Waals surface area contributed by atoms with Gasteiger partial charge in [0.05, 0.1) is 12.1 Å². The average molecular weight is 283 g/mol. The van der Waals surface area contributed by atoms with Crippen LogP contribution in [0.5, 0.6) is 0 Å². The lowest BCUT2D eigenvalue weighted by atomic mass is 10.1. The summed E-state index contributed by atoms with van der Waals surface area (Å²) in [7, 11) is 1.13. The van der Waals surface area contributed by atoms with Gasteiger partial charge < -0.3 is 9.15 Å². The van der Waals surface area contributed by atoms with Crippen LogP contribution in [0.25, 0.3) is 11.3 Å². The molecule has 0 saturated heterocycles. The first-order valence-corrected chi connectivity index (χ1v) is 5.57. The normalized spacial score (nSPS) is 10.3. The molecule has 0 saturated carbocycles. The van der Waals surface area contributed by atoms with E-state index in [2.05, 4.69) is 4.74 Å². The minimum absolute atomic E-state index is 0.0918. The minimum atomic E-state index is -0.859. The Morgan fingerprint density at radius 3 is 2.68 bits per heavy atom. The maximum absolute atomic E-state index is 13.8. The molecule has 0 aliphatic carbocycles. The molecular formula is C13H8ClFO4. The first kappa shape index (κ1) is 13.3. The second-order valence-corrected chi connectivity index (χ2v) is 4.03. The summed E-state index contributed by atoms with van der Waals surface area (Å²) in [5, 5.41) is -0.0918. The van der Waals surface area contributed by atoms with Crippen molar-refractivity contribution in [1.82, 2.24) is 0 Å². The summed E-state index contributed by atoms with van der Waals surface area (Å²) >= 11 is 5.85. The Morgan fingerprint density at radius 1 is 1.42 bits per heavy atom. The highest BCUT2D eigenvalue weighted by Gasteiger charge is 2.19. The van der Waals surface area contributed by atoms with Crippen LogP contribution in [-0.4, -0.2) is 19.4 Å². The molecule has 0 spiro atoms. The van der Waals surface area contributed by atoms with Crippen LogP contribution in [-0.2, 0) is 4.74 Å². The van der Waals surface area contributed by atoms with Crippen LogP contribution >= 0.6 is 11.6 Å². The summed E-state index contributed by atoms with van der Waals surface area (Å²) in [6, 6.07) is 5.41. The average Bonchev–Trinajstić information content (AvgIpc) is 2.86. The number of methoxy groups -OCH3 is 1. The van der Waals surface area contributed by atoms with Crippen LogP contribution in [0.4, 0.5) is 4.39 Å². The fourth-order valence-electron chi connectivity index (χ4n) is 1.58. The molecular weight excluding hydrogens is 275 g/mol. The highest BCUT2D eigenvalue weighted by atomic mass is 35.5. The number of halogens is 2. The number of esters is 1. The molecule has 2 rings (SSSR count). The predicted octanol–water partition coefficient (Wildman–Crippen LogP) is 3.34. The topological polar surface area (TPSA) is 56.5 Å². The van der Waals surface area contributed by atoms with Gasteiger partial charge in [0, 0.05) is 5.56 Å². The Balaban J connectivity index is 2.50. The molecule has 2 aromatic rings. The van der Waals surface area contributed by atoms with Crippen LogP contribution in [0, 0.1) is 5.82 Å². The van der Waals surface area contributed by atoms with E-state index in [9.17, 15) is 14.0 Å². The lowest BCUT2D eigenvalue weighted by molar-refractivity contribution is 0.0595. The number of benzene rings is 1. The van der Waals surface area contributed by atoms with Gasteiger partial charge in [-0.25, -0.2) is 9.18 Å². The van der Waals surface area contributed by atoms with E-state index in [1.54, 1.807) is 0 Å². The van der Waals surface area contributed by atoms with Crippen molar-refractivity contribution >= 4 is 23.9 Å². The van der Waals surface area contributed by atoms with Crippen molar-refractivity contribution in [2.24, 2.45) is 0 Å². The van der Waals surface area contributed by atoms with Gasteiger partial charge in [-0.3, -0.25) is 4.79 Å². The fourth-order valence-corrected chi connectivity index (χ4v) is 1.87. The second-order valence-electron chi connectivity index (χ2n) is 3.63. The Hall–Kier alpha value is -2.14. The minimum Gasteiger partial charge on any atom is -0.465 e. The number of carbonyl (C=O) groups is 2. The van der Waals surface area contributed by atoms with E-state index in [1.165, 1.54) is 18.2 Å². The Morgan fingerprint density at radius 2 is 2.16 bits per heavy atom. The van der Waals surface area contributed by atoms with Gasteiger partial charge in [-0.1, -0.05) is 11.6 Å². The van der Waals surface area contributed by atoms with E-state index in [0.29, 0.717) is 11.8 Å². The zero-order chi connectivity index (χ0) is 14.0. The van der Waals surface area contributed by atoms with Gasteiger partial charge in [0.1, 0.15) is 17.1 Å². The van der Waals surface area contributed by atoms with Gasteiger partial charge in [-0.05, 0) is 24.3 Å². The molecule has 0 radical (unpaired) electrons. The van der Waals surface area contributed by atoms with Gasteiger partial charge >= 0.3 is 5.97 Å². The van der Waals surface area contributed by atoms with Crippen molar-refractivity contribution in [1.29, 1.82) is 0 Å². The number of hydrogen-bond donors (Lipinski definition) is 0. The molecule has 19 heavy (non-hydrogen) atoms. The van der Waals surface area contributed by atoms with E-state index < -0.39 is 11.8 Å². The van der Waals surface area contributed by atoms with Crippen LogP contribution in [0.3, 0.4) is 0 Å². The van der Waals surface area contributed by atoms with E-state index in [0.717, 1.165) is 13.2 Å². The molecule has 0 N–H and O–H groups in total. The molecule has 1 aromatic heterocycles. The van der Waals surface area contributed by atoms with Crippen LogP contribution in [0.2, 0.25) is 5.02 Å². The molecule has 0 aliphatic heterocycles. The van der Waals surface area contributed by atoms with Gasteiger partial charge in [-0.2, -0.15) is 0 Å². The van der Waals surface area contributed by atoms with Crippen LogP contribution in [0.1, 0.15) is 20.9 Å². The number of furan rings is 1. The van der Waals surface area contributed by atoms with Gasteiger partial charge in [0.25, 0.3) is 0 Å². The smallest absolute Gasteiger partial charge is 0.342 e. The molecule has 0 unspecified atom stereocenters. The molecule has 4 nitrogen and oxygen atoms in total. The summed E-state index contributed by atoms with van der Waals surface area (Å²) < 4.78 is 23.4. The Labute approximate surface area is 112 Å². The first-order chi connectivity index (χ1) is 9.06. The summed E-state index contributed by atoms with van der Waals surface area (Å²) in [6.07, 6.45) is 0.532. The van der Waals surface area contributed by atoms with Crippen molar-refractivity contribution in [3.8, 4) is 11.3 Å². The third-order valence-corrected chi connectivity index (χ3v) is 2.76. The van der Waals surface area contributed by atoms with Crippen LogP contribution < -0.4 is 0 Å². The summed E-state index contributed by atoms with van der Waals surface area (Å²) in [5.41, 5.74) is -0.0154. The zero-order valence-electron chi connectivity index (χ0n) is 9.78. The lowest BCUT2D eigenvalue weighted by Crippen LogP contribution is -2.05. The number of carbonyl (C=O) groups excluding carboxylic acids is 2. The largest absolute Gasteiger partial charge is 0.465 e. The van der Waals surface area contributed by atoms with Crippen molar-refractivity contribution in [3.05, 3.63) is 46.4 Å². The third-order valence-electron chi connectivity index (χ3n) is 2.46. The van der Waals surface area contributed by atoms with Crippen molar-refractivity contribution in [2.45, 2.75) is 0 Å². The van der Waals surface area contributed by atoms with Crippen molar-refractivity contribution in [2.75, 3.05) is 7.11 Å². The maximum atomic E-state index is 13.8. The number of aldehydes is 1. The van der Waals surface area contributed by atoms with Gasteiger partial charge in [0.15, 0.2) is 12.0 Å². The molecule has 0 fully saturated rings. The second kappa shape index (κ2) is 5.24. The van der Waals surface area contributed by atoms with Crippen molar-refractivity contribution < 1.29 is 23.1 Å². The fraction of sp³-hybridized carbons (Fsp3) is 0.0769. The quantitative estimate of drug-likeness (QED) is 0.640. The number of ether oxygens (including phenoxy) is 1. The van der Waals surface area contributed by atoms with E-state index in [1.807, 2.05) is 0 Å². The standard InChI is InChI=1S/C13H8ClFO4/c1-18-13(17)12-9(14)4-7(5-10(12)15)11-3-2-8(6-16)19-11/h2-6H,1H3. The molecule has 6 heteroatoms. The summed E-state index contributed by atoms with van der Waals surface area (Å²) in [6.45, 7) is 0. The van der Waals surface area contributed by atoms with E-state index in [-0.39, 0.29) is 22.1 Å².